The zero-order valence-electron chi connectivity index (χ0n) is 12.8. The van der Waals surface area contributed by atoms with Crippen molar-refractivity contribution in [2.24, 2.45) is 11.3 Å². The first-order valence-corrected chi connectivity index (χ1v) is 7.37. The number of rotatable bonds is 7. The van der Waals surface area contributed by atoms with E-state index in [0.717, 1.165) is 0 Å². The summed E-state index contributed by atoms with van der Waals surface area (Å²) < 4.78 is 9.73. The summed E-state index contributed by atoms with van der Waals surface area (Å²) in [6, 6.07) is 0. The number of nitro groups is 1. The summed E-state index contributed by atoms with van der Waals surface area (Å²) in [4.78, 5) is 47.2. The molecule has 0 saturated heterocycles. The number of ketones is 1. The molecule has 1 rings (SSSR count). The lowest BCUT2D eigenvalue weighted by Gasteiger charge is -2.36. The summed E-state index contributed by atoms with van der Waals surface area (Å²) in [6.45, 7) is 2.37. The molecule has 1 aliphatic carbocycles. The second-order valence-electron chi connectivity index (χ2n) is 5.21. The third-order valence-electron chi connectivity index (χ3n) is 3.84. The van der Waals surface area contributed by atoms with Crippen molar-refractivity contribution in [3.05, 3.63) is 10.1 Å². The molecule has 0 aromatic heterocycles. The van der Waals surface area contributed by atoms with E-state index in [1.165, 1.54) is 0 Å². The predicted octanol–water partition coefficient (Wildman–Crippen LogP) is 1.13. The Balaban J connectivity index is 3.28. The Morgan fingerprint density at radius 3 is 2.18 bits per heavy atom. The van der Waals surface area contributed by atoms with Crippen LogP contribution in [0.1, 0.15) is 39.5 Å². The van der Waals surface area contributed by atoms with E-state index in [1.807, 2.05) is 0 Å². The van der Waals surface area contributed by atoms with E-state index >= 15 is 0 Å². The van der Waals surface area contributed by atoms with Gasteiger partial charge in [0.25, 0.3) is 0 Å². The van der Waals surface area contributed by atoms with Gasteiger partial charge in [-0.1, -0.05) is 6.42 Å². The molecule has 0 heterocycles. The van der Waals surface area contributed by atoms with Crippen LogP contribution in [0.15, 0.2) is 0 Å². The fourth-order valence-electron chi connectivity index (χ4n) is 2.91. The molecule has 0 aromatic carbocycles. The van der Waals surface area contributed by atoms with Crippen molar-refractivity contribution in [3.8, 4) is 0 Å². The fraction of sp³-hybridized carbons (Fsp3) is 0.786. The van der Waals surface area contributed by atoms with E-state index in [0.29, 0.717) is 12.8 Å². The van der Waals surface area contributed by atoms with Gasteiger partial charge in [0, 0.05) is 11.3 Å². The zero-order valence-corrected chi connectivity index (χ0v) is 12.8. The minimum atomic E-state index is -1.67. The minimum Gasteiger partial charge on any atom is -0.465 e. The van der Waals surface area contributed by atoms with Crippen molar-refractivity contribution < 1.29 is 28.8 Å². The highest BCUT2D eigenvalue weighted by molar-refractivity contribution is 6.02. The Labute approximate surface area is 128 Å². The molecule has 0 aromatic rings. The van der Waals surface area contributed by atoms with Gasteiger partial charge in [0.05, 0.1) is 13.2 Å². The molecule has 0 radical (unpaired) electrons. The number of esters is 2. The summed E-state index contributed by atoms with van der Waals surface area (Å²) >= 11 is 0. The molecule has 1 fully saturated rings. The highest BCUT2D eigenvalue weighted by Crippen LogP contribution is 2.41. The molecule has 0 aliphatic heterocycles. The standard InChI is InChI=1S/C14H21NO7/c1-3-21-12(17)11(13(18)22-4-2)14(9-15(19)20)8-6-5-7-10(14)16/h11H,3-9H2,1-2H3. The van der Waals surface area contributed by atoms with Crippen molar-refractivity contribution in [3.63, 3.8) is 0 Å². The minimum absolute atomic E-state index is 0.0114. The Morgan fingerprint density at radius 1 is 1.23 bits per heavy atom. The number of carbonyl (C=O) groups excluding carboxylic acids is 3. The predicted molar refractivity (Wildman–Crippen MR) is 74.5 cm³/mol. The third kappa shape index (κ3) is 3.80. The average molecular weight is 315 g/mol. The van der Waals surface area contributed by atoms with Crippen LogP contribution in [0.25, 0.3) is 0 Å². The second-order valence-corrected chi connectivity index (χ2v) is 5.21. The molecule has 1 atom stereocenters. The Morgan fingerprint density at radius 2 is 1.77 bits per heavy atom. The van der Waals surface area contributed by atoms with Gasteiger partial charge in [-0.05, 0) is 26.7 Å². The van der Waals surface area contributed by atoms with Crippen LogP contribution < -0.4 is 0 Å². The second kappa shape index (κ2) is 7.86. The number of hydrogen-bond donors (Lipinski definition) is 0. The fourth-order valence-corrected chi connectivity index (χ4v) is 2.91. The molecule has 1 aliphatic rings. The van der Waals surface area contributed by atoms with Crippen LogP contribution in [0.4, 0.5) is 0 Å². The quantitative estimate of drug-likeness (QED) is 0.299. The van der Waals surface area contributed by atoms with Crippen molar-refractivity contribution in [1.82, 2.24) is 0 Å². The normalized spacial score (nSPS) is 21.5. The van der Waals surface area contributed by atoms with Gasteiger partial charge in [0.1, 0.15) is 11.2 Å². The van der Waals surface area contributed by atoms with Gasteiger partial charge in [-0.2, -0.15) is 0 Å². The first kappa shape index (κ1) is 18.1. The summed E-state index contributed by atoms with van der Waals surface area (Å²) in [5.74, 6) is -3.89. The SMILES string of the molecule is CCOC(=O)C(C(=O)OCC)C1(C[N+](=O)[O-])CCCCC1=O. The Hall–Kier alpha value is -1.99. The largest absolute Gasteiger partial charge is 0.465 e. The average Bonchev–Trinajstić information content (AvgIpc) is 2.42. The molecule has 0 amide bonds. The molecular formula is C14H21NO7. The number of nitrogens with zero attached hydrogens (tertiary/aromatic N) is 1. The van der Waals surface area contributed by atoms with E-state index in [-0.39, 0.29) is 26.1 Å². The summed E-state index contributed by atoms with van der Waals surface area (Å²) in [5, 5.41) is 11.0. The van der Waals surface area contributed by atoms with Crippen LogP contribution in [0.5, 0.6) is 0 Å². The molecule has 8 heteroatoms. The van der Waals surface area contributed by atoms with Crippen molar-refractivity contribution in [2.75, 3.05) is 19.8 Å². The van der Waals surface area contributed by atoms with E-state index in [2.05, 4.69) is 0 Å². The van der Waals surface area contributed by atoms with Gasteiger partial charge in [0.15, 0.2) is 5.92 Å². The molecular weight excluding hydrogens is 294 g/mol. The summed E-state index contributed by atoms with van der Waals surface area (Å²) in [6.07, 6.45) is 1.35. The molecule has 1 saturated carbocycles. The van der Waals surface area contributed by atoms with Crippen LogP contribution in [-0.2, 0) is 23.9 Å². The molecule has 0 spiro atoms. The van der Waals surface area contributed by atoms with Crippen LogP contribution >= 0.6 is 0 Å². The highest BCUT2D eigenvalue weighted by Gasteiger charge is 2.58. The number of hydrogen-bond acceptors (Lipinski definition) is 7. The van der Waals surface area contributed by atoms with E-state index < -0.39 is 40.5 Å². The summed E-state index contributed by atoms with van der Waals surface area (Å²) in [5.41, 5.74) is -1.67. The van der Waals surface area contributed by atoms with Crippen LogP contribution in [0.2, 0.25) is 0 Å². The Bertz CT molecular complexity index is 444. The maximum absolute atomic E-state index is 12.4. The van der Waals surface area contributed by atoms with Crippen LogP contribution in [-0.4, -0.2) is 42.4 Å². The van der Waals surface area contributed by atoms with Crippen LogP contribution in [0.3, 0.4) is 0 Å². The van der Waals surface area contributed by atoms with Gasteiger partial charge < -0.3 is 9.47 Å². The molecule has 8 nitrogen and oxygen atoms in total. The maximum atomic E-state index is 12.4. The molecule has 0 bridgehead atoms. The van der Waals surface area contributed by atoms with Crippen LogP contribution in [0, 0.1) is 21.4 Å². The number of ether oxygens (including phenoxy) is 2. The Kier molecular flexibility index (Phi) is 6.45. The molecule has 1 unspecified atom stereocenters. The van der Waals surface area contributed by atoms with Gasteiger partial charge in [0.2, 0.25) is 6.54 Å². The number of carbonyl (C=O) groups is 3. The van der Waals surface area contributed by atoms with Gasteiger partial charge in [-0.3, -0.25) is 24.5 Å². The van der Waals surface area contributed by atoms with Crippen molar-refractivity contribution in [1.29, 1.82) is 0 Å². The highest BCUT2D eigenvalue weighted by atomic mass is 16.6. The first-order chi connectivity index (χ1) is 10.4. The number of Topliss-reactive ketones (excluding diaryl/α,β-unsaturated/α-hetero) is 1. The van der Waals surface area contributed by atoms with E-state index in [1.54, 1.807) is 13.8 Å². The topological polar surface area (TPSA) is 113 Å². The maximum Gasteiger partial charge on any atom is 0.321 e. The molecule has 124 valence electrons. The summed E-state index contributed by atoms with van der Waals surface area (Å²) in [7, 11) is 0. The van der Waals surface area contributed by atoms with E-state index in [9.17, 15) is 24.5 Å². The van der Waals surface area contributed by atoms with Crippen molar-refractivity contribution >= 4 is 17.7 Å². The van der Waals surface area contributed by atoms with Crippen molar-refractivity contribution in [2.45, 2.75) is 39.5 Å². The lowest BCUT2D eigenvalue weighted by atomic mass is 9.64. The first-order valence-electron chi connectivity index (χ1n) is 7.37. The molecule has 0 N–H and O–H groups in total. The van der Waals surface area contributed by atoms with Gasteiger partial charge in [-0.25, -0.2) is 0 Å². The smallest absolute Gasteiger partial charge is 0.321 e. The van der Waals surface area contributed by atoms with E-state index in [4.69, 9.17) is 9.47 Å². The zero-order chi connectivity index (χ0) is 16.8. The van der Waals surface area contributed by atoms with Gasteiger partial charge >= 0.3 is 11.9 Å². The lowest BCUT2D eigenvalue weighted by molar-refractivity contribution is -0.496. The molecule has 22 heavy (non-hydrogen) atoms. The third-order valence-corrected chi connectivity index (χ3v) is 3.84. The lowest BCUT2D eigenvalue weighted by Crippen LogP contribution is -2.53. The van der Waals surface area contributed by atoms with Gasteiger partial charge in [-0.15, -0.1) is 0 Å². The monoisotopic (exact) mass is 315 g/mol.